The Balaban J connectivity index is 2.52. The quantitative estimate of drug-likeness (QED) is 0.724. The lowest BCUT2D eigenvalue weighted by Crippen LogP contribution is -2.04. The average molecular weight is 245 g/mol. The molecule has 2 rings (SSSR count). The Hall–Kier alpha value is -1.60. The normalized spacial score (nSPS) is 10.3. The molecule has 0 aliphatic rings. The SMILES string of the molecule is Cc1ccccc1C(=O)c1cccc(C)c1Cl. The summed E-state index contributed by atoms with van der Waals surface area (Å²) in [5.41, 5.74) is 3.17. The lowest BCUT2D eigenvalue weighted by molar-refractivity contribution is 0.103. The number of carbonyl (C=O) groups excluding carboxylic acids is 1. The summed E-state index contributed by atoms with van der Waals surface area (Å²) in [5.74, 6) is -0.0169. The second-order valence-electron chi connectivity index (χ2n) is 4.08. The zero-order valence-electron chi connectivity index (χ0n) is 9.83. The summed E-state index contributed by atoms with van der Waals surface area (Å²) in [4.78, 5) is 12.4. The number of hydrogen-bond acceptors (Lipinski definition) is 1. The Morgan fingerprint density at radius 1 is 0.882 bits per heavy atom. The van der Waals surface area contributed by atoms with Gasteiger partial charge >= 0.3 is 0 Å². The Morgan fingerprint density at radius 2 is 1.47 bits per heavy atom. The van der Waals surface area contributed by atoms with Gasteiger partial charge in [-0.15, -0.1) is 0 Å². The van der Waals surface area contributed by atoms with Gasteiger partial charge in [0.25, 0.3) is 0 Å². The van der Waals surface area contributed by atoms with E-state index in [2.05, 4.69) is 0 Å². The molecule has 0 fully saturated rings. The van der Waals surface area contributed by atoms with Crippen molar-refractivity contribution >= 4 is 17.4 Å². The second kappa shape index (κ2) is 4.72. The molecule has 0 atom stereocenters. The molecule has 17 heavy (non-hydrogen) atoms. The van der Waals surface area contributed by atoms with Crippen LogP contribution >= 0.6 is 11.6 Å². The Morgan fingerprint density at radius 3 is 2.18 bits per heavy atom. The summed E-state index contributed by atoms with van der Waals surface area (Å²) in [5, 5.41) is 0.542. The van der Waals surface area contributed by atoms with Gasteiger partial charge in [-0.25, -0.2) is 0 Å². The van der Waals surface area contributed by atoms with Crippen molar-refractivity contribution in [2.45, 2.75) is 13.8 Å². The van der Waals surface area contributed by atoms with Gasteiger partial charge in [0.2, 0.25) is 0 Å². The molecule has 0 aromatic heterocycles. The maximum absolute atomic E-state index is 12.4. The fraction of sp³-hybridized carbons (Fsp3) is 0.133. The fourth-order valence-electron chi connectivity index (χ4n) is 1.80. The molecule has 0 unspecified atom stereocenters. The van der Waals surface area contributed by atoms with Crippen LogP contribution in [-0.2, 0) is 0 Å². The molecule has 0 amide bonds. The van der Waals surface area contributed by atoms with E-state index in [0.29, 0.717) is 16.1 Å². The van der Waals surface area contributed by atoms with E-state index in [1.165, 1.54) is 0 Å². The third-order valence-corrected chi connectivity index (χ3v) is 3.33. The molecule has 0 aliphatic heterocycles. The predicted molar refractivity (Wildman–Crippen MR) is 70.8 cm³/mol. The molecule has 0 saturated heterocycles. The highest BCUT2D eigenvalue weighted by molar-refractivity contribution is 6.35. The van der Waals surface area contributed by atoms with Crippen molar-refractivity contribution in [2.24, 2.45) is 0 Å². The van der Waals surface area contributed by atoms with Gasteiger partial charge < -0.3 is 0 Å². The van der Waals surface area contributed by atoms with Gasteiger partial charge in [-0.1, -0.05) is 48.0 Å². The van der Waals surface area contributed by atoms with Gasteiger partial charge in [-0.05, 0) is 31.0 Å². The Kier molecular flexibility index (Phi) is 3.30. The van der Waals surface area contributed by atoms with Crippen LogP contribution in [-0.4, -0.2) is 5.78 Å². The van der Waals surface area contributed by atoms with Crippen LogP contribution in [0.3, 0.4) is 0 Å². The van der Waals surface area contributed by atoms with Gasteiger partial charge in [0.15, 0.2) is 5.78 Å². The van der Waals surface area contributed by atoms with E-state index in [1.54, 1.807) is 6.07 Å². The van der Waals surface area contributed by atoms with Crippen LogP contribution in [0.5, 0.6) is 0 Å². The van der Waals surface area contributed by atoms with E-state index < -0.39 is 0 Å². The van der Waals surface area contributed by atoms with Crippen molar-refractivity contribution in [1.82, 2.24) is 0 Å². The van der Waals surface area contributed by atoms with Crippen LogP contribution in [0.2, 0.25) is 5.02 Å². The number of hydrogen-bond donors (Lipinski definition) is 0. The molecule has 0 radical (unpaired) electrons. The second-order valence-corrected chi connectivity index (χ2v) is 4.46. The van der Waals surface area contributed by atoms with Gasteiger partial charge in [0.05, 0.1) is 5.02 Å². The third kappa shape index (κ3) is 2.25. The largest absolute Gasteiger partial charge is 0.289 e. The monoisotopic (exact) mass is 244 g/mol. The number of benzene rings is 2. The first-order chi connectivity index (χ1) is 8.11. The van der Waals surface area contributed by atoms with E-state index in [4.69, 9.17) is 11.6 Å². The number of aryl methyl sites for hydroxylation is 2. The predicted octanol–water partition coefficient (Wildman–Crippen LogP) is 4.19. The minimum Gasteiger partial charge on any atom is -0.289 e. The highest BCUT2D eigenvalue weighted by Gasteiger charge is 2.15. The van der Waals surface area contributed by atoms with Crippen LogP contribution < -0.4 is 0 Å². The fourth-order valence-corrected chi connectivity index (χ4v) is 2.01. The van der Waals surface area contributed by atoms with Crippen LogP contribution in [0, 0.1) is 13.8 Å². The molecular weight excluding hydrogens is 232 g/mol. The zero-order chi connectivity index (χ0) is 12.4. The first-order valence-corrected chi connectivity index (χ1v) is 5.84. The number of carbonyl (C=O) groups is 1. The molecule has 0 N–H and O–H groups in total. The topological polar surface area (TPSA) is 17.1 Å². The highest BCUT2D eigenvalue weighted by atomic mass is 35.5. The molecular formula is C15H13ClO. The zero-order valence-corrected chi connectivity index (χ0v) is 10.6. The van der Waals surface area contributed by atoms with E-state index in [9.17, 15) is 4.79 Å². The third-order valence-electron chi connectivity index (χ3n) is 2.83. The minimum absolute atomic E-state index is 0.0169. The highest BCUT2D eigenvalue weighted by Crippen LogP contribution is 2.24. The molecule has 86 valence electrons. The van der Waals surface area contributed by atoms with Crippen molar-refractivity contribution in [1.29, 1.82) is 0 Å². The molecule has 2 heteroatoms. The van der Waals surface area contributed by atoms with E-state index in [-0.39, 0.29) is 5.78 Å². The average Bonchev–Trinajstić information content (AvgIpc) is 2.32. The standard InChI is InChI=1S/C15H13ClO/c1-10-6-3-4-8-12(10)15(17)13-9-5-7-11(2)14(13)16/h3-9H,1-2H3. The summed E-state index contributed by atoms with van der Waals surface area (Å²) in [7, 11) is 0. The first kappa shape index (κ1) is 11.9. The van der Waals surface area contributed by atoms with E-state index in [0.717, 1.165) is 11.1 Å². The van der Waals surface area contributed by atoms with Crippen LogP contribution in [0.1, 0.15) is 27.0 Å². The summed E-state index contributed by atoms with van der Waals surface area (Å²) in [6.45, 7) is 3.83. The summed E-state index contributed by atoms with van der Waals surface area (Å²) >= 11 is 6.17. The first-order valence-electron chi connectivity index (χ1n) is 5.46. The molecule has 2 aromatic rings. The molecule has 0 heterocycles. The minimum atomic E-state index is -0.0169. The van der Waals surface area contributed by atoms with Crippen LogP contribution in [0.4, 0.5) is 0 Å². The van der Waals surface area contributed by atoms with Crippen molar-refractivity contribution in [3.05, 3.63) is 69.7 Å². The van der Waals surface area contributed by atoms with E-state index >= 15 is 0 Å². The van der Waals surface area contributed by atoms with Gasteiger partial charge in [-0.2, -0.15) is 0 Å². The van der Waals surface area contributed by atoms with Gasteiger partial charge in [0.1, 0.15) is 0 Å². The van der Waals surface area contributed by atoms with Crippen LogP contribution in [0.15, 0.2) is 42.5 Å². The van der Waals surface area contributed by atoms with Crippen LogP contribution in [0.25, 0.3) is 0 Å². The number of rotatable bonds is 2. The Bertz CT molecular complexity index is 573. The molecule has 0 spiro atoms. The smallest absolute Gasteiger partial charge is 0.194 e. The lowest BCUT2D eigenvalue weighted by Gasteiger charge is -2.07. The van der Waals surface area contributed by atoms with Crippen molar-refractivity contribution in [3.8, 4) is 0 Å². The maximum Gasteiger partial charge on any atom is 0.194 e. The molecule has 2 aromatic carbocycles. The van der Waals surface area contributed by atoms with Crippen molar-refractivity contribution in [3.63, 3.8) is 0 Å². The molecule has 1 nitrogen and oxygen atoms in total. The molecule has 0 saturated carbocycles. The molecule has 0 bridgehead atoms. The number of halogens is 1. The summed E-state index contributed by atoms with van der Waals surface area (Å²) in [6.07, 6.45) is 0. The maximum atomic E-state index is 12.4. The Labute approximate surface area is 106 Å². The molecule has 0 aliphatic carbocycles. The lowest BCUT2D eigenvalue weighted by atomic mass is 9.98. The van der Waals surface area contributed by atoms with Crippen molar-refractivity contribution < 1.29 is 4.79 Å². The summed E-state index contributed by atoms with van der Waals surface area (Å²) in [6, 6.07) is 13.1. The van der Waals surface area contributed by atoms with Crippen molar-refractivity contribution in [2.75, 3.05) is 0 Å². The van der Waals surface area contributed by atoms with Gasteiger partial charge in [-0.3, -0.25) is 4.79 Å². The summed E-state index contributed by atoms with van der Waals surface area (Å²) < 4.78 is 0. The van der Waals surface area contributed by atoms with E-state index in [1.807, 2.05) is 50.2 Å². The number of ketones is 1. The van der Waals surface area contributed by atoms with Gasteiger partial charge in [0, 0.05) is 11.1 Å².